The number of pyridine rings is 1. The molecule has 4 aromatic rings. The molecule has 0 atom stereocenters. The molecule has 0 saturated heterocycles. The van der Waals surface area contributed by atoms with E-state index in [2.05, 4.69) is 10.3 Å². The Morgan fingerprint density at radius 1 is 1.03 bits per heavy atom. The van der Waals surface area contributed by atoms with Gasteiger partial charge in [0.05, 0.1) is 36.7 Å². The van der Waals surface area contributed by atoms with Crippen LogP contribution >= 0.6 is 11.3 Å². The van der Waals surface area contributed by atoms with Gasteiger partial charge in [0.15, 0.2) is 5.13 Å². The molecule has 4 rings (SSSR count). The lowest BCUT2D eigenvalue weighted by molar-refractivity contribution is 0.102. The van der Waals surface area contributed by atoms with Crippen LogP contribution in [0.4, 0.5) is 5.13 Å². The van der Waals surface area contributed by atoms with Gasteiger partial charge in [-0.1, -0.05) is 18.2 Å². The first kappa shape index (κ1) is 18.9. The minimum atomic E-state index is -0.230. The number of aryl methyl sites for hydroxylation is 1. The van der Waals surface area contributed by atoms with E-state index in [9.17, 15) is 4.79 Å². The van der Waals surface area contributed by atoms with Crippen LogP contribution in [0.3, 0.4) is 0 Å². The zero-order valence-corrected chi connectivity index (χ0v) is 17.0. The first-order valence-electron chi connectivity index (χ1n) is 8.94. The number of benzene rings is 2. The molecule has 0 aliphatic rings. The Labute approximate surface area is 172 Å². The molecule has 0 fully saturated rings. The third-order valence-electron chi connectivity index (χ3n) is 4.48. The summed E-state index contributed by atoms with van der Waals surface area (Å²) in [6, 6.07) is 14.9. The summed E-state index contributed by atoms with van der Waals surface area (Å²) in [4.78, 5) is 22.1. The fourth-order valence-electron chi connectivity index (χ4n) is 3.09. The highest BCUT2D eigenvalue weighted by Crippen LogP contribution is 2.34. The van der Waals surface area contributed by atoms with Crippen LogP contribution in [0.15, 0.2) is 53.9 Å². The van der Waals surface area contributed by atoms with Gasteiger partial charge in [0, 0.05) is 22.4 Å². The lowest BCUT2D eigenvalue weighted by Crippen LogP contribution is -2.13. The van der Waals surface area contributed by atoms with E-state index in [1.165, 1.54) is 11.3 Å². The van der Waals surface area contributed by atoms with E-state index in [-0.39, 0.29) is 5.91 Å². The second kappa shape index (κ2) is 7.89. The molecule has 146 valence electrons. The minimum Gasteiger partial charge on any atom is -0.497 e. The highest BCUT2D eigenvalue weighted by molar-refractivity contribution is 7.13. The number of amides is 1. The largest absolute Gasteiger partial charge is 0.497 e. The normalized spacial score (nSPS) is 10.7. The van der Waals surface area contributed by atoms with Gasteiger partial charge in [-0.15, -0.1) is 11.3 Å². The maximum absolute atomic E-state index is 13.1. The molecule has 0 unspecified atom stereocenters. The van der Waals surface area contributed by atoms with Gasteiger partial charge >= 0.3 is 0 Å². The molecule has 0 spiro atoms. The number of nitrogens with zero attached hydrogens (tertiary/aromatic N) is 2. The van der Waals surface area contributed by atoms with E-state index >= 15 is 0 Å². The van der Waals surface area contributed by atoms with Crippen molar-refractivity contribution in [3.8, 4) is 22.8 Å². The fraction of sp³-hybridized carbons (Fsp3) is 0.136. The smallest absolute Gasteiger partial charge is 0.258 e. The Bertz CT molecular complexity index is 1200. The van der Waals surface area contributed by atoms with Gasteiger partial charge in [-0.05, 0) is 31.2 Å². The maximum atomic E-state index is 13.1. The lowest BCUT2D eigenvalue weighted by Gasteiger charge is -2.13. The van der Waals surface area contributed by atoms with E-state index in [1.54, 1.807) is 26.4 Å². The SMILES string of the molecule is COc1ccc(-c2cc(C(=O)Nc3nc(C)cs3)c3ccccc3n2)c(OC)c1. The van der Waals surface area contributed by atoms with Gasteiger partial charge < -0.3 is 9.47 Å². The van der Waals surface area contributed by atoms with Gasteiger partial charge in [-0.2, -0.15) is 0 Å². The van der Waals surface area contributed by atoms with Crippen molar-refractivity contribution in [2.24, 2.45) is 0 Å². The number of nitrogens with one attached hydrogen (secondary N) is 1. The number of para-hydroxylation sites is 1. The van der Waals surface area contributed by atoms with Crippen LogP contribution < -0.4 is 14.8 Å². The lowest BCUT2D eigenvalue weighted by atomic mass is 10.0. The minimum absolute atomic E-state index is 0.230. The Morgan fingerprint density at radius 2 is 1.86 bits per heavy atom. The highest BCUT2D eigenvalue weighted by Gasteiger charge is 2.17. The predicted octanol–water partition coefficient (Wildman–Crippen LogP) is 4.94. The molecule has 7 heteroatoms. The van der Waals surface area contributed by atoms with Crippen molar-refractivity contribution in [3.63, 3.8) is 0 Å². The second-order valence-electron chi connectivity index (χ2n) is 6.39. The number of rotatable bonds is 5. The summed E-state index contributed by atoms with van der Waals surface area (Å²) < 4.78 is 10.8. The van der Waals surface area contributed by atoms with Crippen molar-refractivity contribution < 1.29 is 14.3 Å². The second-order valence-corrected chi connectivity index (χ2v) is 7.24. The Hall–Kier alpha value is -3.45. The zero-order valence-electron chi connectivity index (χ0n) is 16.2. The quantitative estimate of drug-likeness (QED) is 0.509. The topological polar surface area (TPSA) is 73.3 Å². The molecule has 29 heavy (non-hydrogen) atoms. The molecule has 0 radical (unpaired) electrons. The standard InChI is InChI=1S/C22H19N3O3S/c1-13-12-29-22(23-13)25-21(26)17-11-19(24-18-7-5-4-6-15(17)18)16-9-8-14(27-2)10-20(16)28-3/h4-12H,1-3H3,(H,23,25,26). The number of thiazole rings is 1. The molecule has 0 saturated carbocycles. The van der Waals surface area contributed by atoms with Gasteiger partial charge in [-0.25, -0.2) is 9.97 Å². The number of anilines is 1. The van der Waals surface area contributed by atoms with Crippen molar-refractivity contribution in [1.82, 2.24) is 9.97 Å². The molecule has 6 nitrogen and oxygen atoms in total. The summed E-state index contributed by atoms with van der Waals surface area (Å²) in [5.41, 5.74) is 3.54. The summed E-state index contributed by atoms with van der Waals surface area (Å²) in [6.07, 6.45) is 0. The van der Waals surface area contributed by atoms with E-state index in [1.807, 2.05) is 48.7 Å². The van der Waals surface area contributed by atoms with Crippen LogP contribution in [0.2, 0.25) is 0 Å². The zero-order chi connectivity index (χ0) is 20.4. The monoisotopic (exact) mass is 405 g/mol. The van der Waals surface area contributed by atoms with Crippen LogP contribution in [-0.2, 0) is 0 Å². The van der Waals surface area contributed by atoms with Crippen molar-refractivity contribution in [2.75, 3.05) is 19.5 Å². The van der Waals surface area contributed by atoms with Crippen molar-refractivity contribution in [1.29, 1.82) is 0 Å². The van der Waals surface area contributed by atoms with Gasteiger partial charge in [0.2, 0.25) is 0 Å². The summed E-state index contributed by atoms with van der Waals surface area (Å²) in [7, 11) is 3.20. The Morgan fingerprint density at radius 3 is 2.59 bits per heavy atom. The van der Waals surface area contributed by atoms with Crippen LogP contribution in [0.1, 0.15) is 16.1 Å². The first-order valence-corrected chi connectivity index (χ1v) is 9.82. The summed E-state index contributed by atoms with van der Waals surface area (Å²) in [5.74, 6) is 1.07. The molecule has 1 amide bonds. The number of aromatic nitrogens is 2. The van der Waals surface area contributed by atoms with Crippen LogP contribution in [-0.4, -0.2) is 30.1 Å². The molecule has 2 aromatic heterocycles. The molecular formula is C22H19N3O3S. The average molecular weight is 405 g/mol. The van der Waals surface area contributed by atoms with Gasteiger partial charge in [-0.3, -0.25) is 10.1 Å². The van der Waals surface area contributed by atoms with E-state index in [0.717, 1.165) is 22.2 Å². The Kier molecular flexibility index (Phi) is 5.14. The van der Waals surface area contributed by atoms with E-state index in [0.29, 0.717) is 27.9 Å². The van der Waals surface area contributed by atoms with E-state index in [4.69, 9.17) is 14.5 Å². The summed E-state index contributed by atoms with van der Waals surface area (Å²) >= 11 is 1.40. The average Bonchev–Trinajstić information content (AvgIpc) is 3.16. The third-order valence-corrected chi connectivity index (χ3v) is 5.36. The summed E-state index contributed by atoms with van der Waals surface area (Å²) in [5, 5.41) is 6.12. The number of hydrogen-bond acceptors (Lipinski definition) is 6. The molecule has 2 aromatic carbocycles. The van der Waals surface area contributed by atoms with Crippen molar-refractivity contribution in [2.45, 2.75) is 6.92 Å². The number of hydrogen-bond donors (Lipinski definition) is 1. The number of methoxy groups -OCH3 is 2. The van der Waals surface area contributed by atoms with Crippen LogP contribution in [0.5, 0.6) is 11.5 Å². The highest BCUT2D eigenvalue weighted by atomic mass is 32.1. The van der Waals surface area contributed by atoms with Crippen LogP contribution in [0.25, 0.3) is 22.2 Å². The fourth-order valence-corrected chi connectivity index (χ4v) is 3.77. The molecule has 0 aliphatic carbocycles. The van der Waals surface area contributed by atoms with Crippen LogP contribution in [0, 0.1) is 6.92 Å². The molecule has 2 heterocycles. The maximum Gasteiger partial charge on any atom is 0.258 e. The number of carbonyl (C=O) groups is 1. The number of fused-ring (bicyclic) bond motifs is 1. The third kappa shape index (κ3) is 3.77. The van der Waals surface area contributed by atoms with E-state index < -0.39 is 0 Å². The van der Waals surface area contributed by atoms with Crippen molar-refractivity contribution in [3.05, 3.63) is 65.2 Å². The molecule has 1 N–H and O–H groups in total. The van der Waals surface area contributed by atoms with Gasteiger partial charge in [0.25, 0.3) is 5.91 Å². The number of ether oxygens (including phenoxy) is 2. The van der Waals surface area contributed by atoms with Gasteiger partial charge in [0.1, 0.15) is 11.5 Å². The molecule has 0 aliphatic heterocycles. The molecule has 0 bridgehead atoms. The molecular weight excluding hydrogens is 386 g/mol. The number of carbonyl (C=O) groups excluding carboxylic acids is 1. The Balaban J connectivity index is 1.84. The first-order chi connectivity index (χ1) is 14.1. The summed E-state index contributed by atoms with van der Waals surface area (Å²) in [6.45, 7) is 1.89. The predicted molar refractivity (Wildman–Crippen MR) is 115 cm³/mol. The van der Waals surface area contributed by atoms with Crippen molar-refractivity contribution >= 4 is 33.3 Å².